The molecule has 24 heavy (non-hydrogen) atoms. The van der Waals surface area contributed by atoms with Crippen molar-refractivity contribution in [1.29, 1.82) is 0 Å². The maximum atomic E-state index is 5.97. The fourth-order valence-corrected chi connectivity index (χ4v) is 4.36. The van der Waals surface area contributed by atoms with Crippen molar-refractivity contribution in [3.63, 3.8) is 0 Å². The van der Waals surface area contributed by atoms with Gasteiger partial charge in [-0.2, -0.15) is 0 Å². The Kier molecular flexibility index (Phi) is 3.40. The van der Waals surface area contributed by atoms with Crippen LogP contribution in [0.5, 0.6) is 5.75 Å². The Morgan fingerprint density at radius 2 is 2.12 bits per heavy atom. The minimum atomic E-state index is 0.529. The van der Waals surface area contributed by atoms with E-state index < -0.39 is 0 Å². The largest absolute Gasteiger partial charge is 0.487 e. The van der Waals surface area contributed by atoms with Crippen LogP contribution in [-0.2, 0) is 13.0 Å². The summed E-state index contributed by atoms with van der Waals surface area (Å²) in [6.45, 7) is 3.83. The van der Waals surface area contributed by atoms with E-state index in [0.717, 1.165) is 49.2 Å². The number of para-hydroxylation sites is 1. The lowest BCUT2D eigenvalue weighted by Gasteiger charge is -2.24. The SMILES string of the molecule is c1ccc2c(c1)Cc1c(ncnc1N1C[C@@H]3CCCN[C@@H]3C1)CO2. The second-order valence-corrected chi connectivity index (χ2v) is 7.06. The van der Waals surface area contributed by atoms with Crippen LogP contribution >= 0.6 is 0 Å². The topological polar surface area (TPSA) is 50.3 Å². The smallest absolute Gasteiger partial charge is 0.135 e. The van der Waals surface area contributed by atoms with E-state index in [4.69, 9.17) is 4.74 Å². The zero-order valence-electron chi connectivity index (χ0n) is 13.7. The zero-order valence-corrected chi connectivity index (χ0v) is 13.7. The highest BCUT2D eigenvalue weighted by molar-refractivity contribution is 5.54. The molecule has 0 bridgehead atoms. The van der Waals surface area contributed by atoms with E-state index in [0.29, 0.717) is 12.6 Å². The molecule has 3 aliphatic rings. The van der Waals surface area contributed by atoms with Crippen molar-refractivity contribution in [3.05, 3.63) is 47.4 Å². The maximum Gasteiger partial charge on any atom is 0.135 e. The van der Waals surface area contributed by atoms with E-state index in [1.165, 1.54) is 24.0 Å². The van der Waals surface area contributed by atoms with Gasteiger partial charge in [-0.05, 0) is 36.9 Å². The third-order valence-corrected chi connectivity index (χ3v) is 5.61. The number of rotatable bonds is 1. The van der Waals surface area contributed by atoms with Gasteiger partial charge >= 0.3 is 0 Å². The van der Waals surface area contributed by atoms with Gasteiger partial charge < -0.3 is 15.0 Å². The molecule has 2 fully saturated rings. The molecule has 5 nitrogen and oxygen atoms in total. The monoisotopic (exact) mass is 322 g/mol. The summed E-state index contributed by atoms with van der Waals surface area (Å²) in [5, 5.41) is 3.68. The quantitative estimate of drug-likeness (QED) is 0.872. The van der Waals surface area contributed by atoms with Gasteiger partial charge in [0.05, 0.1) is 5.69 Å². The number of anilines is 1. The summed E-state index contributed by atoms with van der Waals surface area (Å²) in [5.41, 5.74) is 3.49. The van der Waals surface area contributed by atoms with Crippen LogP contribution in [0.25, 0.3) is 0 Å². The molecule has 0 amide bonds. The van der Waals surface area contributed by atoms with Crippen molar-refractivity contribution in [2.45, 2.75) is 31.9 Å². The van der Waals surface area contributed by atoms with Gasteiger partial charge in [-0.25, -0.2) is 9.97 Å². The number of nitrogens with zero attached hydrogens (tertiary/aromatic N) is 3. The van der Waals surface area contributed by atoms with Gasteiger partial charge in [-0.15, -0.1) is 0 Å². The number of hydrogen-bond donors (Lipinski definition) is 1. The average Bonchev–Trinajstić information content (AvgIpc) is 2.96. The molecule has 3 aliphatic heterocycles. The van der Waals surface area contributed by atoms with Crippen LogP contribution in [0, 0.1) is 5.92 Å². The first-order valence-corrected chi connectivity index (χ1v) is 8.90. The van der Waals surface area contributed by atoms with E-state index in [1.807, 2.05) is 12.1 Å². The molecule has 0 radical (unpaired) electrons. The van der Waals surface area contributed by atoms with Crippen molar-refractivity contribution in [1.82, 2.24) is 15.3 Å². The number of fused-ring (bicyclic) bond motifs is 3. The molecular formula is C19H22N4O. The molecule has 1 N–H and O–H groups in total. The molecule has 0 unspecified atom stereocenters. The van der Waals surface area contributed by atoms with Gasteiger partial charge in [-0.3, -0.25) is 0 Å². The number of aromatic nitrogens is 2. The van der Waals surface area contributed by atoms with Crippen LogP contribution in [0.15, 0.2) is 30.6 Å². The number of nitrogens with one attached hydrogen (secondary N) is 1. The van der Waals surface area contributed by atoms with Gasteiger partial charge in [0.25, 0.3) is 0 Å². The van der Waals surface area contributed by atoms with E-state index >= 15 is 0 Å². The molecule has 2 atom stereocenters. The maximum absolute atomic E-state index is 5.97. The third kappa shape index (κ3) is 2.35. The highest BCUT2D eigenvalue weighted by Crippen LogP contribution is 2.34. The zero-order chi connectivity index (χ0) is 15.9. The van der Waals surface area contributed by atoms with Crippen LogP contribution in [-0.4, -0.2) is 35.6 Å². The van der Waals surface area contributed by atoms with Crippen molar-refractivity contribution >= 4 is 5.82 Å². The molecule has 0 saturated carbocycles. The Hall–Kier alpha value is -2.14. The van der Waals surface area contributed by atoms with Gasteiger partial charge in [0, 0.05) is 31.1 Å². The first kappa shape index (κ1) is 14.2. The third-order valence-electron chi connectivity index (χ3n) is 5.61. The molecule has 1 aromatic carbocycles. The number of benzene rings is 1. The second kappa shape index (κ2) is 5.74. The number of hydrogen-bond acceptors (Lipinski definition) is 5. The molecule has 124 valence electrons. The second-order valence-electron chi connectivity index (χ2n) is 7.06. The first-order valence-electron chi connectivity index (χ1n) is 8.90. The molecule has 2 saturated heterocycles. The molecule has 4 heterocycles. The lowest BCUT2D eigenvalue weighted by molar-refractivity contribution is 0.302. The normalized spacial score (nSPS) is 25.2. The number of ether oxygens (including phenoxy) is 1. The molecular weight excluding hydrogens is 300 g/mol. The Balaban J connectivity index is 1.51. The van der Waals surface area contributed by atoms with Crippen LogP contribution in [0.2, 0.25) is 0 Å². The highest BCUT2D eigenvalue weighted by atomic mass is 16.5. The molecule has 0 spiro atoms. The molecule has 0 aliphatic carbocycles. The Morgan fingerprint density at radius 1 is 1.17 bits per heavy atom. The fraction of sp³-hybridized carbons (Fsp3) is 0.474. The van der Waals surface area contributed by atoms with E-state index in [2.05, 4.69) is 32.3 Å². The molecule has 5 heteroatoms. The minimum Gasteiger partial charge on any atom is -0.487 e. The van der Waals surface area contributed by atoms with Gasteiger partial charge in [0.2, 0.25) is 0 Å². The predicted molar refractivity (Wildman–Crippen MR) is 92.3 cm³/mol. The summed E-state index contributed by atoms with van der Waals surface area (Å²) < 4.78 is 5.97. The Bertz CT molecular complexity index is 749. The van der Waals surface area contributed by atoms with Gasteiger partial charge in [-0.1, -0.05) is 18.2 Å². The first-order chi connectivity index (χ1) is 11.9. The summed E-state index contributed by atoms with van der Waals surface area (Å²) >= 11 is 0. The lowest BCUT2D eigenvalue weighted by atomic mass is 9.94. The molecule has 5 rings (SSSR count). The lowest BCUT2D eigenvalue weighted by Crippen LogP contribution is -2.40. The summed E-state index contributed by atoms with van der Waals surface area (Å²) in [6.07, 6.45) is 5.16. The van der Waals surface area contributed by atoms with Crippen molar-refractivity contribution in [2.75, 3.05) is 24.5 Å². The van der Waals surface area contributed by atoms with Crippen LogP contribution in [0.1, 0.15) is 29.7 Å². The Labute approximate surface area is 142 Å². The Morgan fingerprint density at radius 3 is 3.08 bits per heavy atom. The van der Waals surface area contributed by atoms with Gasteiger partial charge in [0.1, 0.15) is 24.5 Å². The summed E-state index contributed by atoms with van der Waals surface area (Å²) in [4.78, 5) is 11.6. The standard InChI is InChI=1S/C19H22N4O/c1-2-6-18-13(4-1)8-15-17(11-24-18)21-12-22-19(15)23-9-14-5-3-7-20-16(14)10-23/h1-2,4,6,12,14,16,20H,3,5,7-11H2/t14-,16+/m0/s1. The molecule has 1 aromatic heterocycles. The predicted octanol–water partition coefficient (Wildman–Crippen LogP) is 2.15. The number of piperidine rings is 1. The highest BCUT2D eigenvalue weighted by Gasteiger charge is 2.36. The van der Waals surface area contributed by atoms with Crippen LogP contribution < -0.4 is 15.0 Å². The van der Waals surface area contributed by atoms with Crippen molar-refractivity contribution < 1.29 is 4.74 Å². The van der Waals surface area contributed by atoms with Crippen LogP contribution in [0.4, 0.5) is 5.82 Å². The van der Waals surface area contributed by atoms with E-state index in [9.17, 15) is 0 Å². The van der Waals surface area contributed by atoms with Crippen LogP contribution in [0.3, 0.4) is 0 Å². The summed E-state index contributed by atoms with van der Waals surface area (Å²) in [5.74, 6) is 2.83. The average molecular weight is 322 g/mol. The van der Waals surface area contributed by atoms with Crippen molar-refractivity contribution in [2.24, 2.45) is 5.92 Å². The van der Waals surface area contributed by atoms with E-state index in [-0.39, 0.29) is 0 Å². The van der Waals surface area contributed by atoms with Gasteiger partial charge in [0.15, 0.2) is 0 Å². The summed E-state index contributed by atoms with van der Waals surface area (Å²) in [6, 6.07) is 8.90. The summed E-state index contributed by atoms with van der Waals surface area (Å²) in [7, 11) is 0. The molecule has 2 aromatic rings. The van der Waals surface area contributed by atoms with Crippen molar-refractivity contribution in [3.8, 4) is 5.75 Å². The fourth-order valence-electron chi connectivity index (χ4n) is 4.36. The minimum absolute atomic E-state index is 0.529. The van der Waals surface area contributed by atoms with E-state index in [1.54, 1.807) is 6.33 Å².